The molecule has 2 atom stereocenters. The van der Waals surface area contributed by atoms with Crippen LogP contribution >= 0.6 is 0 Å². The van der Waals surface area contributed by atoms with Crippen LogP contribution in [0.15, 0.2) is 0 Å². The number of rotatable bonds is 11. The van der Waals surface area contributed by atoms with Gasteiger partial charge < -0.3 is 9.47 Å². The Morgan fingerprint density at radius 1 is 1.24 bits per heavy atom. The van der Waals surface area contributed by atoms with Crippen molar-refractivity contribution in [2.75, 3.05) is 53.6 Å². The van der Waals surface area contributed by atoms with Crippen molar-refractivity contribution in [3.05, 3.63) is 0 Å². The monoisotopic (exact) mass is 297 g/mol. The highest BCUT2D eigenvalue weighted by molar-refractivity contribution is 5.14. The number of nitriles is 1. The normalized spacial score (nSPS) is 25.4. The van der Waals surface area contributed by atoms with Gasteiger partial charge in [-0.05, 0) is 38.3 Å². The van der Waals surface area contributed by atoms with E-state index in [-0.39, 0.29) is 5.54 Å². The molecule has 1 N–H and O–H groups in total. The van der Waals surface area contributed by atoms with Gasteiger partial charge in [0.25, 0.3) is 0 Å². The van der Waals surface area contributed by atoms with E-state index in [4.69, 9.17) is 9.47 Å². The maximum absolute atomic E-state index is 9.60. The predicted molar refractivity (Wildman–Crippen MR) is 84.2 cm³/mol. The van der Waals surface area contributed by atoms with Crippen LogP contribution in [0.3, 0.4) is 0 Å². The summed E-state index contributed by atoms with van der Waals surface area (Å²) >= 11 is 0. The van der Waals surface area contributed by atoms with E-state index < -0.39 is 0 Å². The fourth-order valence-electron chi connectivity index (χ4n) is 3.32. The molecule has 0 bridgehead atoms. The van der Waals surface area contributed by atoms with Crippen molar-refractivity contribution in [3.8, 4) is 6.07 Å². The smallest absolute Gasteiger partial charge is 0.109 e. The molecule has 21 heavy (non-hydrogen) atoms. The van der Waals surface area contributed by atoms with Gasteiger partial charge in [-0.3, -0.25) is 10.2 Å². The van der Waals surface area contributed by atoms with Crippen LogP contribution in [0.5, 0.6) is 0 Å². The zero-order valence-corrected chi connectivity index (χ0v) is 13.9. The first-order valence-electron chi connectivity index (χ1n) is 8.09. The molecule has 0 radical (unpaired) electrons. The highest BCUT2D eigenvalue weighted by atomic mass is 16.5. The quantitative estimate of drug-likeness (QED) is 0.628. The fourth-order valence-corrected chi connectivity index (χ4v) is 3.32. The van der Waals surface area contributed by atoms with Crippen LogP contribution in [-0.2, 0) is 9.47 Å². The van der Waals surface area contributed by atoms with E-state index in [2.05, 4.69) is 23.2 Å². The minimum absolute atomic E-state index is 0.303. The Labute approximate surface area is 129 Å². The first-order chi connectivity index (χ1) is 10.2. The van der Waals surface area contributed by atoms with E-state index in [1.165, 1.54) is 0 Å². The topological polar surface area (TPSA) is 57.5 Å². The third-order valence-electron chi connectivity index (χ3n) is 4.53. The molecule has 2 unspecified atom stereocenters. The summed E-state index contributed by atoms with van der Waals surface area (Å²) in [6.45, 7) is 7.28. The lowest BCUT2D eigenvalue weighted by Gasteiger charge is -2.31. The number of hydrogen-bond acceptors (Lipinski definition) is 5. The summed E-state index contributed by atoms with van der Waals surface area (Å²) in [5.41, 5.74) is -0.303. The fraction of sp³-hybridized carbons (Fsp3) is 0.938. The molecule has 0 spiro atoms. The predicted octanol–water partition coefficient (Wildman–Crippen LogP) is 1.64. The largest absolute Gasteiger partial charge is 0.383 e. The molecular weight excluding hydrogens is 266 g/mol. The van der Waals surface area contributed by atoms with Crippen LogP contribution < -0.4 is 5.32 Å². The van der Waals surface area contributed by atoms with Crippen molar-refractivity contribution in [1.29, 1.82) is 5.26 Å². The lowest BCUT2D eigenvalue weighted by molar-refractivity contribution is 0.108. The van der Waals surface area contributed by atoms with E-state index in [9.17, 15) is 5.26 Å². The Morgan fingerprint density at radius 2 is 1.90 bits per heavy atom. The molecule has 1 saturated carbocycles. The van der Waals surface area contributed by atoms with Gasteiger partial charge >= 0.3 is 0 Å². The summed E-state index contributed by atoms with van der Waals surface area (Å²) in [6.07, 6.45) is 4.36. The number of hydrogen-bond donors (Lipinski definition) is 1. The van der Waals surface area contributed by atoms with Crippen molar-refractivity contribution in [2.45, 2.75) is 38.1 Å². The summed E-state index contributed by atoms with van der Waals surface area (Å²) in [6, 6.07) is 2.56. The van der Waals surface area contributed by atoms with Crippen LogP contribution in [0.2, 0.25) is 0 Å². The van der Waals surface area contributed by atoms with Gasteiger partial charge in [0.05, 0.1) is 19.3 Å². The van der Waals surface area contributed by atoms with E-state index in [0.29, 0.717) is 5.92 Å². The molecular formula is C16H31N3O2. The van der Waals surface area contributed by atoms with Crippen molar-refractivity contribution >= 4 is 0 Å². The standard InChI is InChI=1S/C16H31N3O2/c1-4-18-16(14-17)8-5-6-15(16)7-9-19(10-12-20-2)11-13-21-3/h15,18H,4-13H2,1-3H3. The van der Waals surface area contributed by atoms with E-state index in [0.717, 1.165) is 65.1 Å². The molecule has 5 nitrogen and oxygen atoms in total. The Kier molecular flexibility index (Phi) is 8.86. The SMILES string of the molecule is CCNC1(C#N)CCCC1CCN(CCOC)CCOC. The first-order valence-corrected chi connectivity index (χ1v) is 8.09. The molecule has 0 aliphatic heterocycles. The van der Waals surface area contributed by atoms with Gasteiger partial charge in [0.1, 0.15) is 5.54 Å². The summed E-state index contributed by atoms with van der Waals surface area (Å²) in [5.74, 6) is 0.454. The van der Waals surface area contributed by atoms with Crippen molar-refractivity contribution in [2.24, 2.45) is 5.92 Å². The van der Waals surface area contributed by atoms with Gasteiger partial charge in [-0.15, -0.1) is 0 Å². The lowest BCUT2D eigenvalue weighted by Crippen LogP contribution is -2.48. The Balaban J connectivity index is 2.50. The molecule has 1 fully saturated rings. The molecule has 0 saturated heterocycles. The third kappa shape index (κ3) is 5.55. The average molecular weight is 297 g/mol. The van der Waals surface area contributed by atoms with Gasteiger partial charge in [-0.2, -0.15) is 5.26 Å². The van der Waals surface area contributed by atoms with Crippen LogP contribution in [-0.4, -0.2) is 64.1 Å². The molecule has 0 heterocycles. The highest BCUT2D eigenvalue weighted by Gasteiger charge is 2.42. The second-order valence-corrected chi connectivity index (χ2v) is 5.82. The zero-order valence-electron chi connectivity index (χ0n) is 13.9. The molecule has 0 aromatic heterocycles. The summed E-state index contributed by atoms with van der Waals surface area (Å²) < 4.78 is 10.4. The van der Waals surface area contributed by atoms with Crippen molar-refractivity contribution in [3.63, 3.8) is 0 Å². The summed E-state index contributed by atoms with van der Waals surface area (Å²) in [4.78, 5) is 2.37. The second-order valence-electron chi connectivity index (χ2n) is 5.82. The number of ether oxygens (including phenoxy) is 2. The lowest BCUT2D eigenvalue weighted by atomic mass is 9.85. The number of nitrogens with zero attached hydrogens (tertiary/aromatic N) is 2. The molecule has 122 valence electrons. The van der Waals surface area contributed by atoms with Gasteiger partial charge in [-0.25, -0.2) is 0 Å². The molecule has 5 heteroatoms. The molecule has 1 aliphatic rings. The van der Waals surface area contributed by atoms with Gasteiger partial charge in [0, 0.05) is 27.3 Å². The zero-order chi connectivity index (χ0) is 15.6. The minimum Gasteiger partial charge on any atom is -0.383 e. The van der Waals surface area contributed by atoms with Crippen LogP contribution in [0.1, 0.15) is 32.6 Å². The molecule has 1 aliphatic carbocycles. The van der Waals surface area contributed by atoms with E-state index >= 15 is 0 Å². The second kappa shape index (κ2) is 10.1. The molecule has 1 rings (SSSR count). The maximum Gasteiger partial charge on any atom is 0.109 e. The average Bonchev–Trinajstić information content (AvgIpc) is 2.90. The maximum atomic E-state index is 9.60. The summed E-state index contributed by atoms with van der Waals surface area (Å²) in [7, 11) is 3.47. The molecule has 0 aromatic carbocycles. The van der Waals surface area contributed by atoms with Crippen molar-refractivity contribution < 1.29 is 9.47 Å². The Bertz CT molecular complexity index is 311. The Hall–Kier alpha value is -0.670. The Morgan fingerprint density at radius 3 is 2.43 bits per heavy atom. The van der Waals surface area contributed by atoms with Crippen molar-refractivity contribution in [1.82, 2.24) is 10.2 Å². The molecule has 0 amide bonds. The minimum atomic E-state index is -0.303. The van der Waals surface area contributed by atoms with Crippen LogP contribution in [0.25, 0.3) is 0 Å². The first kappa shape index (κ1) is 18.4. The summed E-state index contributed by atoms with van der Waals surface area (Å²) in [5, 5.41) is 13.0. The van der Waals surface area contributed by atoms with Gasteiger partial charge in [0.2, 0.25) is 0 Å². The van der Waals surface area contributed by atoms with Gasteiger partial charge in [-0.1, -0.05) is 13.3 Å². The van der Waals surface area contributed by atoms with E-state index in [1.807, 2.05) is 0 Å². The number of nitrogens with one attached hydrogen (secondary N) is 1. The highest BCUT2D eigenvalue weighted by Crippen LogP contribution is 2.37. The van der Waals surface area contributed by atoms with E-state index in [1.54, 1.807) is 14.2 Å². The van der Waals surface area contributed by atoms with Crippen LogP contribution in [0, 0.1) is 17.2 Å². The third-order valence-corrected chi connectivity index (χ3v) is 4.53. The number of methoxy groups -OCH3 is 2. The van der Waals surface area contributed by atoms with Crippen LogP contribution in [0.4, 0.5) is 0 Å². The molecule has 0 aromatic rings. The van der Waals surface area contributed by atoms with Gasteiger partial charge in [0.15, 0.2) is 0 Å².